The maximum atomic E-state index is 12.5. The number of hydrogen-bond acceptors (Lipinski definition) is 4. The normalized spacial score (nSPS) is 14.1. The van der Waals surface area contributed by atoms with Crippen molar-refractivity contribution in [1.82, 2.24) is 25.3 Å². The number of H-pyrrole nitrogens is 2. The van der Waals surface area contributed by atoms with Crippen molar-refractivity contribution < 1.29 is 9.59 Å². The number of nitrogens with one attached hydrogen (secondary N) is 3. The van der Waals surface area contributed by atoms with Crippen LogP contribution in [0.2, 0.25) is 0 Å². The molecule has 0 saturated heterocycles. The van der Waals surface area contributed by atoms with Crippen molar-refractivity contribution in [2.45, 2.75) is 0 Å². The molecule has 3 N–H and O–H groups in total. The minimum absolute atomic E-state index is 0.365. The highest BCUT2D eigenvalue weighted by atomic mass is 16.2. The maximum Gasteiger partial charge on any atom is 0.259 e. The summed E-state index contributed by atoms with van der Waals surface area (Å²) in [5, 5.41) is 3.73. The molecule has 0 aliphatic carbocycles. The van der Waals surface area contributed by atoms with Gasteiger partial charge in [0.25, 0.3) is 11.8 Å². The number of fused-ring (bicyclic) bond motifs is 10. The molecule has 7 nitrogen and oxygen atoms in total. The first-order valence-electron chi connectivity index (χ1n) is 7.78. The Morgan fingerprint density at radius 2 is 1.20 bits per heavy atom. The summed E-state index contributed by atoms with van der Waals surface area (Å²) in [4.78, 5) is 40.6. The van der Waals surface area contributed by atoms with Crippen LogP contribution in [0.5, 0.6) is 0 Å². The van der Waals surface area contributed by atoms with Gasteiger partial charge in [0.15, 0.2) is 0 Å². The van der Waals surface area contributed by atoms with E-state index in [0.717, 1.165) is 22.1 Å². The number of aromatic nitrogens is 4. The number of hydrogen-bond donors (Lipinski definition) is 3. The molecule has 0 atom stereocenters. The van der Waals surface area contributed by atoms with Crippen LogP contribution in [-0.4, -0.2) is 31.8 Å². The van der Waals surface area contributed by atoms with Crippen molar-refractivity contribution >= 4 is 55.7 Å². The second kappa shape index (κ2) is 4.02. The van der Waals surface area contributed by atoms with Crippen LogP contribution in [0, 0.1) is 0 Å². The quantitative estimate of drug-likeness (QED) is 0.380. The average Bonchev–Trinajstić information content (AvgIpc) is 3.26. The van der Waals surface area contributed by atoms with Gasteiger partial charge in [0.05, 0.1) is 44.2 Å². The summed E-state index contributed by atoms with van der Waals surface area (Å²) in [6.07, 6.45) is 3.35. The number of imide groups is 1. The summed E-state index contributed by atoms with van der Waals surface area (Å²) in [5.41, 5.74) is 5.21. The van der Waals surface area contributed by atoms with Gasteiger partial charge in [-0.25, -0.2) is 0 Å². The lowest BCUT2D eigenvalue weighted by Crippen LogP contribution is -2.20. The van der Waals surface area contributed by atoms with E-state index in [1.807, 2.05) is 24.3 Å². The largest absolute Gasteiger partial charge is 0.351 e. The van der Waals surface area contributed by atoms with E-state index in [1.165, 1.54) is 0 Å². The van der Waals surface area contributed by atoms with E-state index in [4.69, 9.17) is 0 Å². The first-order valence-corrected chi connectivity index (χ1v) is 7.78. The lowest BCUT2D eigenvalue weighted by molar-refractivity contribution is 0.0880. The molecule has 0 fully saturated rings. The minimum Gasteiger partial charge on any atom is -0.351 e. The first kappa shape index (κ1) is 12.7. The van der Waals surface area contributed by atoms with E-state index in [1.54, 1.807) is 12.4 Å². The number of amides is 2. The molecule has 0 spiro atoms. The van der Waals surface area contributed by atoms with E-state index in [9.17, 15) is 9.59 Å². The molecule has 7 heteroatoms. The van der Waals surface area contributed by atoms with Gasteiger partial charge in [0, 0.05) is 23.2 Å². The second-order valence-corrected chi connectivity index (χ2v) is 6.08. The number of carbonyl (C=O) groups excluding carboxylic acids is 2. The molecule has 0 bridgehead atoms. The lowest BCUT2D eigenvalue weighted by Gasteiger charge is -2.01. The van der Waals surface area contributed by atoms with Crippen LogP contribution in [0.4, 0.5) is 0 Å². The molecule has 1 aliphatic heterocycles. The van der Waals surface area contributed by atoms with E-state index in [0.29, 0.717) is 32.9 Å². The Morgan fingerprint density at radius 1 is 0.720 bits per heavy atom. The molecule has 1 aliphatic rings. The molecule has 0 radical (unpaired) electrons. The molecule has 2 amide bonds. The third-order valence-electron chi connectivity index (χ3n) is 4.79. The van der Waals surface area contributed by atoms with Crippen LogP contribution in [0.25, 0.3) is 43.9 Å². The van der Waals surface area contributed by atoms with Crippen molar-refractivity contribution in [1.29, 1.82) is 0 Å². The third kappa shape index (κ3) is 1.37. The minimum atomic E-state index is -0.399. The number of rotatable bonds is 0. The summed E-state index contributed by atoms with van der Waals surface area (Å²) < 4.78 is 0. The Kier molecular flexibility index (Phi) is 2.03. The molecule has 118 valence electrons. The van der Waals surface area contributed by atoms with E-state index >= 15 is 0 Å². The zero-order chi connectivity index (χ0) is 16.7. The Labute approximate surface area is 139 Å². The van der Waals surface area contributed by atoms with Crippen LogP contribution in [0.1, 0.15) is 20.7 Å². The van der Waals surface area contributed by atoms with Crippen LogP contribution < -0.4 is 5.32 Å². The third-order valence-corrected chi connectivity index (χ3v) is 4.79. The number of nitrogens with zero attached hydrogens (tertiary/aromatic N) is 2. The summed E-state index contributed by atoms with van der Waals surface area (Å²) in [6, 6.07) is 7.45. The SMILES string of the molecule is O=C1NC(=O)c2c1c1c3ncccc3[nH]c1c1[nH]c3cccnc3c21. The van der Waals surface area contributed by atoms with Crippen LogP contribution >= 0.6 is 0 Å². The highest BCUT2D eigenvalue weighted by molar-refractivity contribution is 6.38. The molecule has 6 rings (SSSR count). The Bertz CT molecular complexity index is 1300. The van der Waals surface area contributed by atoms with Gasteiger partial charge in [-0.1, -0.05) is 0 Å². The molecule has 0 unspecified atom stereocenters. The topological polar surface area (TPSA) is 104 Å². The second-order valence-electron chi connectivity index (χ2n) is 6.08. The van der Waals surface area contributed by atoms with E-state index in [-0.39, 0.29) is 0 Å². The molecular weight excluding hydrogens is 318 g/mol. The number of pyridine rings is 2. The van der Waals surface area contributed by atoms with Gasteiger partial charge in [-0.3, -0.25) is 24.9 Å². The fourth-order valence-corrected chi connectivity index (χ4v) is 3.84. The van der Waals surface area contributed by atoms with Gasteiger partial charge in [0.2, 0.25) is 0 Å². The predicted molar refractivity (Wildman–Crippen MR) is 92.6 cm³/mol. The molecule has 4 aromatic heterocycles. The van der Waals surface area contributed by atoms with Crippen molar-refractivity contribution in [2.75, 3.05) is 0 Å². The summed E-state index contributed by atoms with van der Waals surface area (Å²) in [7, 11) is 0. The van der Waals surface area contributed by atoms with E-state index in [2.05, 4.69) is 25.3 Å². The van der Waals surface area contributed by atoms with Crippen LogP contribution in [0.3, 0.4) is 0 Å². The lowest BCUT2D eigenvalue weighted by atomic mass is 9.99. The highest BCUT2D eigenvalue weighted by Crippen LogP contribution is 2.40. The smallest absolute Gasteiger partial charge is 0.259 e. The molecule has 0 saturated carbocycles. The van der Waals surface area contributed by atoms with Gasteiger partial charge in [-0.15, -0.1) is 0 Å². The Morgan fingerprint density at radius 3 is 1.68 bits per heavy atom. The van der Waals surface area contributed by atoms with Gasteiger partial charge in [-0.05, 0) is 24.3 Å². The van der Waals surface area contributed by atoms with Crippen molar-refractivity contribution in [2.24, 2.45) is 0 Å². The average molecular weight is 327 g/mol. The fraction of sp³-hybridized carbons (Fsp3) is 0. The fourth-order valence-electron chi connectivity index (χ4n) is 3.84. The summed E-state index contributed by atoms with van der Waals surface area (Å²) in [5.74, 6) is -0.799. The van der Waals surface area contributed by atoms with Crippen LogP contribution in [-0.2, 0) is 0 Å². The monoisotopic (exact) mass is 327 g/mol. The van der Waals surface area contributed by atoms with Crippen molar-refractivity contribution in [3.8, 4) is 0 Å². The Balaban J connectivity index is 2.04. The molecule has 5 aromatic rings. The molecule has 5 heterocycles. The van der Waals surface area contributed by atoms with E-state index < -0.39 is 11.8 Å². The number of benzene rings is 1. The zero-order valence-corrected chi connectivity index (χ0v) is 12.7. The van der Waals surface area contributed by atoms with Crippen molar-refractivity contribution in [3.05, 3.63) is 47.8 Å². The molecular formula is C18H9N5O2. The molecule has 25 heavy (non-hydrogen) atoms. The molecule has 1 aromatic carbocycles. The van der Waals surface area contributed by atoms with Gasteiger partial charge in [0.1, 0.15) is 0 Å². The number of aromatic amines is 2. The first-order chi connectivity index (χ1) is 12.2. The van der Waals surface area contributed by atoms with Gasteiger partial charge < -0.3 is 9.97 Å². The standard InChI is InChI=1S/C18H9N5O2/c24-17-9-10(18(25)23-17)12-14-8(4-2-6-20-14)22-16(12)15-11(9)13-7(21-15)3-1-5-19-13/h1-6,21-22H,(H,23,24,25). The summed E-state index contributed by atoms with van der Waals surface area (Å²) >= 11 is 0. The predicted octanol–water partition coefficient (Wildman–Crippen LogP) is 2.63. The van der Waals surface area contributed by atoms with Gasteiger partial charge >= 0.3 is 0 Å². The number of carbonyl (C=O) groups is 2. The van der Waals surface area contributed by atoms with Gasteiger partial charge in [-0.2, -0.15) is 0 Å². The highest BCUT2D eigenvalue weighted by Gasteiger charge is 2.35. The Hall–Kier alpha value is -3.74. The van der Waals surface area contributed by atoms with Crippen LogP contribution in [0.15, 0.2) is 36.7 Å². The summed E-state index contributed by atoms with van der Waals surface area (Å²) in [6.45, 7) is 0. The maximum absolute atomic E-state index is 12.5. The van der Waals surface area contributed by atoms with Crippen molar-refractivity contribution in [3.63, 3.8) is 0 Å². The zero-order valence-electron chi connectivity index (χ0n) is 12.7.